The van der Waals surface area contributed by atoms with E-state index in [-0.39, 0.29) is 0 Å². The van der Waals surface area contributed by atoms with Gasteiger partial charge in [0.25, 0.3) is 0 Å². The second-order valence-corrected chi connectivity index (χ2v) is 5.25. The van der Waals surface area contributed by atoms with E-state index in [1.807, 2.05) is 24.3 Å². The molecule has 5 heteroatoms. The molecule has 0 aliphatic carbocycles. The SMILES string of the molecule is NC(=O)c1ccc(Oc2ccccc2Br)c(Br)c1. The lowest BCUT2D eigenvalue weighted by Gasteiger charge is -2.09. The van der Waals surface area contributed by atoms with Gasteiger partial charge < -0.3 is 10.5 Å². The Bertz CT molecular complexity index is 599. The Morgan fingerprint density at radius 2 is 1.67 bits per heavy atom. The number of amides is 1. The van der Waals surface area contributed by atoms with Crippen LogP contribution in [0.4, 0.5) is 0 Å². The van der Waals surface area contributed by atoms with Gasteiger partial charge in [-0.3, -0.25) is 4.79 Å². The molecule has 0 saturated carbocycles. The number of hydrogen-bond donors (Lipinski definition) is 1. The largest absolute Gasteiger partial charge is 0.455 e. The van der Waals surface area contributed by atoms with Crippen LogP contribution >= 0.6 is 31.9 Å². The zero-order valence-corrected chi connectivity index (χ0v) is 12.4. The molecule has 2 aromatic carbocycles. The smallest absolute Gasteiger partial charge is 0.248 e. The van der Waals surface area contributed by atoms with E-state index in [0.29, 0.717) is 21.5 Å². The molecular weight excluding hydrogens is 362 g/mol. The number of ether oxygens (including phenoxy) is 1. The van der Waals surface area contributed by atoms with Crippen molar-refractivity contribution in [2.75, 3.05) is 0 Å². The van der Waals surface area contributed by atoms with Gasteiger partial charge in [0.2, 0.25) is 5.91 Å². The van der Waals surface area contributed by atoms with Crippen LogP contribution < -0.4 is 10.5 Å². The second kappa shape index (κ2) is 5.54. The summed E-state index contributed by atoms with van der Waals surface area (Å²) in [4.78, 5) is 11.0. The fraction of sp³-hybridized carbons (Fsp3) is 0. The predicted molar refractivity (Wildman–Crippen MR) is 76.9 cm³/mol. The van der Waals surface area contributed by atoms with Gasteiger partial charge in [0.15, 0.2) is 0 Å². The van der Waals surface area contributed by atoms with Crippen molar-refractivity contribution in [3.8, 4) is 11.5 Å². The number of hydrogen-bond acceptors (Lipinski definition) is 2. The number of halogens is 2. The molecule has 0 atom stereocenters. The van der Waals surface area contributed by atoms with Crippen LogP contribution in [0.3, 0.4) is 0 Å². The first-order valence-electron chi connectivity index (χ1n) is 5.09. The van der Waals surface area contributed by atoms with Gasteiger partial charge in [-0.1, -0.05) is 12.1 Å². The van der Waals surface area contributed by atoms with Gasteiger partial charge in [-0.2, -0.15) is 0 Å². The van der Waals surface area contributed by atoms with Crippen molar-refractivity contribution in [3.63, 3.8) is 0 Å². The summed E-state index contributed by atoms with van der Waals surface area (Å²) in [6, 6.07) is 12.5. The highest BCUT2D eigenvalue weighted by Crippen LogP contribution is 2.34. The molecule has 0 aliphatic heterocycles. The lowest BCUT2D eigenvalue weighted by Crippen LogP contribution is -2.10. The minimum absolute atomic E-state index is 0.432. The summed E-state index contributed by atoms with van der Waals surface area (Å²) >= 11 is 6.75. The third-order valence-corrected chi connectivity index (χ3v) is 3.55. The molecule has 1 amide bonds. The Morgan fingerprint density at radius 3 is 2.28 bits per heavy atom. The summed E-state index contributed by atoms with van der Waals surface area (Å²) in [5.41, 5.74) is 5.63. The molecule has 92 valence electrons. The minimum atomic E-state index is -0.469. The molecule has 3 nitrogen and oxygen atoms in total. The molecule has 0 spiro atoms. The summed E-state index contributed by atoms with van der Waals surface area (Å²) in [6.45, 7) is 0. The Hall–Kier alpha value is -1.33. The van der Waals surface area contributed by atoms with Crippen LogP contribution in [0.25, 0.3) is 0 Å². The van der Waals surface area contributed by atoms with Crippen LogP contribution in [-0.4, -0.2) is 5.91 Å². The van der Waals surface area contributed by atoms with E-state index in [1.54, 1.807) is 18.2 Å². The number of primary amides is 1. The fourth-order valence-electron chi connectivity index (χ4n) is 1.38. The van der Waals surface area contributed by atoms with Crippen LogP contribution in [0.1, 0.15) is 10.4 Å². The van der Waals surface area contributed by atoms with Gasteiger partial charge in [-0.05, 0) is 62.2 Å². The maximum absolute atomic E-state index is 11.0. The van der Waals surface area contributed by atoms with Gasteiger partial charge in [0.05, 0.1) is 8.95 Å². The first-order chi connectivity index (χ1) is 8.58. The lowest BCUT2D eigenvalue weighted by atomic mass is 10.2. The normalized spacial score (nSPS) is 10.1. The van der Waals surface area contributed by atoms with Crippen molar-refractivity contribution in [3.05, 3.63) is 57.0 Å². The highest BCUT2D eigenvalue weighted by molar-refractivity contribution is 9.11. The topological polar surface area (TPSA) is 52.3 Å². The third-order valence-electron chi connectivity index (χ3n) is 2.27. The van der Waals surface area contributed by atoms with E-state index < -0.39 is 5.91 Å². The number of nitrogens with two attached hydrogens (primary N) is 1. The molecule has 0 unspecified atom stereocenters. The number of para-hydroxylation sites is 1. The van der Waals surface area contributed by atoms with Crippen LogP contribution in [0.2, 0.25) is 0 Å². The van der Waals surface area contributed by atoms with E-state index >= 15 is 0 Å². The van der Waals surface area contributed by atoms with Crippen LogP contribution in [0.15, 0.2) is 51.4 Å². The maximum atomic E-state index is 11.0. The number of carbonyl (C=O) groups is 1. The zero-order chi connectivity index (χ0) is 13.1. The molecule has 18 heavy (non-hydrogen) atoms. The number of carbonyl (C=O) groups excluding carboxylic acids is 1. The molecule has 0 radical (unpaired) electrons. The molecule has 0 bridgehead atoms. The number of rotatable bonds is 3. The van der Waals surface area contributed by atoms with Crippen molar-refractivity contribution in [1.82, 2.24) is 0 Å². The molecule has 0 fully saturated rings. The van der Waals surface area contributed by atoms with Crippen molar-refractivity contribution in [2.24, 2.45) is 5.73 Å². The highest BCUT2D eigenvalue weighted by Gasteiger charge is 2.08. The van der Waals surface area contributed by atoms with Crippen LogP contribution in [-0.2, 0) is 0 Å². The monoisotopic (exact) mass is 369 g/mol. The van der Waals surface area contributed by atoms with E-state index in [1.165, 1.54) is 0 Å². The molecule has 0 saturated heterocycles. The molecule has 0 aliphatic rings. The zero-order valence-electron chi connectivity index (χ0n) is 9.19. The van der Waals surface area contributed by atoms with E-state index in [4.69, 9.17) is 10.5 Å². The average molecular weight is 371 g/mol. The minimum Gasteiger partial charge on any atom is -0.455 e. The molecule has 0 heterocycles. The predicted octanol–water partition coefficient (Wildman–Crippen LogP) is 4.10. The van der Waals surface area contributed by atoms with Crippen molar-refractivity contribution in [2.45, 2.75) is 0 Å². The van der Waals surface area contributed by atoms with Crippen LogP contribution in [0, 0.1) is 0 Å². The third kappa shape index (κ3) is 2.91. The first-order valence-corrected chi connectivity index (χ1v) is 6.68. The average Bonchev–Trinajstić information content (AvgIpc) is 2.34. The van der Waals surface area contributed by atoms with Gasteiger partial charge >= 0.3 is 0 Å². The summed E-state index contributed by atoms with van der Waals surface area (Å²) in [5.74, 6) is 0.847. The molecular formula is C13H9Br2NO2. The molecule has 2 rings (SSSR count). The molecule has 2 N–H and O–H groups in total. The summed E-state index contributed by atoms with van der Waals surface area (Å²) in [7, 11) is 0. The van der Waals surface area contributed by atoms with Crippen molar-refractivity contribution in [1.29, 1.82) is 0 Å². The molecule has 2 aromatic rings. The Kier molecular flexibility index (Phi) is 4.04. The maximum Gasteiger partial charge on any atom is 0.248 e. The Labute approximate surface area is 121 Å². The van der Waals surface area contributed by atoms with Gasteiger partial charge in [-0.15, -0.1) is 0 Å². The fourth-order valence-corrected chi connectivity index (χ4v) is 2.21. The van der Waals surface area contributed by atoms with Crippen LogP contribution in [0.5, 0.6) is 11.5 Å². The van der Waals surface area contributed by atoms with Gasteiger partial charge in [0, 0.05) is 5.56 Å². The summed E-state index contributed by atoms with van der Waals surface area (Å²) in [6.07, 6.45) is 0. The van der Waals surface area contributed by atoms with E-state index in [2.05, 4.69) is 31.9 Å². The van der Waals surface area contributed by atoms with Gasteiger partial charge in [0.1, 0.15) is 11.5 Å². The van der Waals surface area contributed by atoms with E-state index in [0.717, 1.165) is 4.47 Å². The first kappa shape index (κ1) is 13.1. The van der Waals surface area contributed by atoms with Crippen molar-refractivity contribution < 1.29 is 9.53 Å². The van der Waals surface area contributed by atoms with Crippen molar-refractivity contribution >= 4 is 37.8 Å². The Morgan fingerprint density at radius 1 is 1.00 bits per heavy atom. The second-order valence-electron chi connectivity index (χ2n) is 3.54. The quantitative estimate of drug-likeness (QED) is 0.884. The standard InChI is InChI=1S/C13H9Br2NO2/c14-9-3-1-2-4-11(9)18-12-6-5-8(13(16)17)7-10(12)15/h1-7H,(H2,16,17). The molecule has 0 aromatic heterocycles. The van der Waals surface area contributed by atoms with Gasteiger partial charge in [-0.25, -0.2) is 0 Å². The van der Waals surface area contributed by atoms with E-state index in [9.17, 15) is 4.79 Å². The summed E-state index contributed by atoms with van der Waals surface area (Å²) in [5, 5.41) is 0. The lowest BCUT2D eigenvalue weighted by molar-refractivity contribution is 0.1000. The summed E-state index contributed by atoms with van der Waals surface area (Å²) < 4.78 is 7.26. The Balaban J connectivity index is 2.30. The number of benzene rings is 2. The highest BCUT2D eigenvalue weighted by atomic mass is 79.9.